The Morgan fingerprint density at radius 1 is 1.29 bits per heavy atom. The summed E-state index contributed by atoms with van der Waals surface area (Å²) in [6.07, 6.45) is 7.65. The lowest BCUT2D eigenvalue weighted by molar-refractivity contribution is 0.640. The Balaban J connectivity index is 2.01. The number of nitrogen functional groups attached to an aromatic ring is 1. The Morgan fingerprint density at radius 2 is 2.00 bits per heavy atom. The summed E-state index contributed by atoms with van der Waals surface area (Å²) in [5.74, 6) is 0. The number of rotatable bonds is 4. The van der Waals surface area contributed by atoms with E-state index in [-0.39, 0.29) is 0 Å². The molecule has 0 spiro atoms. The molecule has 0 radical (unpaired) electrons. The molecule has 0 bridgehead atoms. The number of nitrogens with two attached hydrogens (primary N) is 1. The molecule has 1 aliphatic carbocycles. The second-order valence-corrected chi connectivity index (χ2v) is 6.35. The first-order chi connectivity index (χ1) is 8.13. The molecule has 3 heteroatoms. The number of aryl methyl sites for hydroxylation is 1. The average Bonchev–Trinajstić information content (AvgIpc) is 2.74. The fourth-order valence-electron chi connectivity index (χ4n) is 2.65. The third kappa shape index (κ3) is 3.09. The summed E-state index contributed by atoms with van der Waals surface area (Å²) >= 11 is 2.01. The Morgan fingerprint density at radius 3 is 2.59 bits per heavy atom. The first-order valence-corrected chi connectivity index (χ1v) is 7.52. The molecule has 0 heterocycles. The van der Waals surface area contributed by atoms with Gasteiger partial charge in [0.1, 0.15) is 0 Å². The van der Waals surface area contributed by atoms with Gasteiger partial charge in [-0.3, -0.25) is 0 Å². The van der Waals surface area contributed by atoms with Crippen molar-refractivity contribution >= 4 is 23.1 Å². The summed E-state index contributed by atoms with van der Waals surface area (Å²) in [5, 5.41) is 3.56. The summed E-state index contributed by atoms with van der Waals surface area (Å²) in [6.45, 7) is 3.14. The highest BCUT2D eigenvalue weighted by Crippen LogP contribution is 2.40. The summed E-state index contributed by atoms with van der Waals surface area (Å²) in [7, 11) is 0. The van der Waals surface area contributed by atoms with Gasteiger partial charge in [0, 0.05) is 22.7 Å². The van der Waals surface area contributed by atoms with Crippen LogP contribution in [0.1, 0.15) is 31.2 Å². The number of hydrogen-bond acceptors (Lipinski definition) is 3. The highest BCUT2D eigenvalue weighted by molar-refractivity contribution is 8.00. The number of nitrogens with one attached hydrogen (secondary N) is 1. The van der Waals surface area contributed by atoms with Crippen LogP contribution in [-0.4, -0.2) is 17.5 Å². The zero-order valence-corrected chi connectivity index (χ0v) is 11.6. The molecule has 1 aromatic carbocycles. The summed E-state index contributed by atoms with van der Waals surface area (Å²) in [4.78, 5) is 0. The first kappa shape index (κ1) is 12.6. The normalized spacial score (nSPS) is 18.2. The molecule has 0 aromatic heterocycles. The summed E-state index contributed by atoms with van der Waals surface area (Å²) < 4.78 is 0.443. The predicted octanol–water partition coefficient (Wildman–Crippen LogP) is 3.66. The van der Waals surface area contributed by atoms with Gasteiger partial charge in [-0.1, -0.05) is 12.8 Å². The van der Waals surface area contributed by atoms with E-state index in [2.05, 4.69) is 24.6 Å². The lowest BCUT2D eigenvalue weighted by Gasteiger charge is -2.27. The molecule has 3 N–H and O–H groups in total. The third-order valence-corrected chi connectivity index (χ3v) is 5.08. The van der Waals surface area contributed by atoms with Crippen molar-refractivity contribution in [2.75, 3.05) is 23.9 Å². The van der Waals surface area contributed by atoms with Crippen molar-refractivity contribution < 1.29 is 0 Å². The lowest BCUT2D eigenvalue weighted by Crippen LogP contribution is -2.30. The predicted molar refractivity (Wildman–Crippen MR) is 78.8 cm³/mol. The molecule has 2 rings (SSSR count). The number of thioether (sulfide) groups is 1. The van der Waals surface area contributed by atoms with Crippen molar-refractivity contribution in [2.24, 2.45) is 0 Å². The van der Waals surface area contributed by atoms with Crippen molar-refractivity contribution in [3.05, 3.63) is 23.8 Å². The fraction of sp³-hybridized carbons (Fsp3) is 0.571. The van der Waals surface area contributed by atoms with E-state index in [1.807, 2.05) is 23.9 Å². The second kappa shape index (κ2) is 5.21. The van der Waals surface area contributed by atoms with Crippen molar-refractivity contribution in [1.29, 1.82) is 0 Å². The van der Waals surface area contributed by atoms with E-state index >= 15 is 0 Å². The minimum absolute atomic E-state index is 0.443. The fourth-order valence-corrected chi connectivity index (χ4v) is 3.56. The topological polar surface area (TPSA) is 38.0 Å². The highest BCUT2D eigenvalue weighted by Gasteiger charge is 2.32. The van der Waals surface area contributed by atoms with Crippen LogP contribution in [-0.2, 0) is 0 Å². The minimum atomic E-state index is 0.443. The molecule has 0 atom stereocenters. The maximum Gasteiger partial charge on any atom is 0.0363 e. The van der Waals surface area contributed by atoms with Gasteiger partial charge in [0.05, 0.1) is 0 Å². The molecule has 1 aromatic rings. The van der Waals surface area contributed by atoms with Gasteiger partial charge in [-0.25, -0.2) is 0 Å². The Hall–Kier alpha value is -0.830. The maximum absolute atomic E-state index is 5.86. The SMILES string of the molecule is CSC1(CNc2cc(C)cc(N)c2)CCCC1. The van der Waals surface area contributed by atoms with Crippen LogP contribution in [0.2, 0.25) is 0 Å². The van der Waals surface area contributed by atoms with Crippen LogP contribution in [0.25, 0.3) is 0 Å². The molecular formula is C14H22N2S. The zero-order valence-electron chi connectivity index (χ0n) is 10.8. The van der Waals surface area contributed by atoms with Gasteiger partial charge in [0.15, 0.2) is 0 Å². The van der Waals surface area contributed by atoms with E-state index in [0.29, 0.717) is 4.75 Å². The van der Waals surface area contributed by atoms with Crippen molar-refractivity contribution in [2.45, 2.75) is 37.4 Å². The molecule has 1 saturated carbocycles. The van der Waals surface area contributed by atoms with Gasteiger partial charge >= 0.3 is 0 Å². The molecule has 0 unspecified atom stereocenters. The monoisotopic (exact) mass is 250 g/mol. The van der Waals surface area contributed by atoms with Gasteiger partial charge in [0.2, 0.25) is 0 Å². The Kier molecular flexibility index (Phi) is 3.87. The average molecular weight is 250 g/mol. The van der Waals surface area contributed by atoms with Crippen LogP contribution >= 0.6 is 11.8 Å². The first-order valence-electron chi connectivity index (χ1n) is 6.30. The number of benzene rings is 1. The molecule has 0 amide bonds. The Bertz CT molecular complexity index is 364. The molecule has 1 aliphatic rings. The van der Waals surface area contributed by atoms with Gasteiger partial charge in [-0.15, -0.1) is 0 Å². The number of hydrogen-bond donors (Lipinski definition) is 2. The van der Waals surface area contributed by atoms with Gasteiger partial charge in [-0.05, 0) is 49.8 Å². The van der Waals surface area contributed by atoms with Crippen LogP contribution in [0.3, 0.4) is 0 Å². The van der Waals surface area contributed by atoms with E-state index in [1.54, 1.807) is 0 Å². The van der Waals surface area contributed by atoms with Crippen LogP contribution in [0.15, 0.2) is 18.2 Å². The minimum Gasteiger partial charge on any atom is -0.399 e. The number of anilines is 2. The van der Waals surface area contributed by atoms with Crippen molar-refractivity contribution in [1.82, 2.24) is 0 Å². The highest BCUT2D eigenvalue weighted by atomic mass is 32.2. The van der Waals surface area contributed by atoms with E-state index in [0.717, 1.165) is 17.9 Å². The summed E-state index contributed by atoms with van der Waals surface area (Å²) in [5.41, 5.74) is 9.08. The molecule has 0 aliphatic heterocycles. The van der Waals surface area contributed by atoms with Gasteiger partial charge < -0.3 is 11.1 Å². The molecule has 1 fully saturated rings. The van der Waals surface area contributed by atoms with Crippen molar-refractivity contribution in [3.63, 3.8) is 0 Å². The van der Waals surface area contributed by atoms with Crippen LogP contribution in [0.5, 0.6) is 0 Å². The standard InChI is InChI=1S/C14H22N2S/c1-11-7-12(15)9-13(8-11)16-10-14(17-2)5-3-4-6-14/h7-9,16H,3-6,10,15H2,1-2H3. The maximum atomic E-state index is 5.86. The third-order valence-electron chi connectivity index (χ3n) is 3.66. The van der Waals surface area contributed by atoms with Crippen LogP contribution in [0, 0.1) is 6.92 Å². The van der Waals surface area contributed by atoms with Crippen LogP contribution in [0.4, 0.5) is 11.4 Å². The van der Waals surface area contributed by atoms with Crippen LogP contribution < -0.4 is 11.1 Å². The quantitative estimate of drug-likeness (QED) is 0.801. The van der Waals surface area contributed by atoms with E-state index < -0.39 is 0 Å². The molecule has 17 heavy (non-hydrogen) atoms. The molecule has 2 nitrogen and oxygen atoms in total. The smallest absolute Gasteiger partial charge is 0.0363 e. The largest absolute Gasteiger partial charge is 0.399 e. The van der Waals surface area contributed by atoms with E-state index in [9.17, 15) is 0 Å². The Labute approximate surface area is 108 Å². The van der Waals surface area contributed by atoms with E-state index in [4.69, 9.17) is 5.73 Å². The van der Waals surface area contributed by atoms with Gasteiger partial charge in [-0.2, -0.15) is 11.8 Å². The molecule has 0 saturated heterocycles. The second-order valence-electron chi connectivity index (χ2n) is 5.08. The lowest BCUT2D eigenvalue weighted by atomic mass is 10.1. The van der Waals surface area contributed by atoms with Gasteiger partial charge in [0.25, 0.3) is 0 Å². The van der Waals surface area contributed by atoms with E-state index in [1.165, 1.54) is 31.2 Å². The molecular weight excluding hydrogens is 228 g/mol. The summed E-state index contributed by atoms with van der Waals surface area (Å²) in [6, 6.07) is 6.19. The van der Waals surface area contributed by atoms with Crippen molar-refractivity contribution in [3.8, 4) is 0 Å². The zero-order chi connectivity index (χ0) is 12.3. The molecule has 94 valence electrons.